The van der Waals surface area contributed by atoms with Crippen molar-refractivity contribution in [3.8, 4) is 0 Å². The Hall–Kier alpha value is -1.06. The number of fused-ring (bicyclic) bond motifs is 1. The Morgan fingerprint density at radius 3 is 2.05 bits per heavy atom. The second-order valence-electron chi connectivity index (χ2n) is 5.14. The summed E-state index contributed by atoms with van der Waals surface area (Å²) in [6.07, 6.45) is 5.42. The normalized spacial score (nSPS) is 34.8. The van der Waals surface area contributed by atoms with Crippen LogP contribution in [-0.2, 0) is 19.1 Å². The lowest BCUT2D eigenvalue weighted by molar-refractivity contribution is -0.143. The minimum Gasteiger partial charge on any atom is -0.466 e. The van der Waals surface area contributed by atoms with Crippen molar-refractivity contribution in [1.29, 1.82) is 0 Å². The van der Waals surface area contributed by atoms with E-state index in [4.69, 9.17) is 4.74 Å². The van der Waals surface area contributed by atoms with E-state index in [-0.39, 0.29) is 11.9 Å². The molecule has 4 unspecified atom stereocenters. The molecule has 2 aliphatic carbocycles. The Kier molecular flexibility index (Phi) is 7.03. The zero-order valence-electron chi connectivity index (χ0n) is 13.2. The van der Waals surface area contributed by atoms with Crippen molar-refractivity contribution >= 4 is 11.9 Å². The molecule has 2 heterocycles. The van der Waals surface area contributed by atoms with Gasteiger partial charge in [-0.05, 0) is 31.6 Å². The van der Waals surface area contributed by atoms with Crippen LogP contribution < -0.4 is 0 Å². The summed E-state index contributed by atoms with van der Waals surface area (Å²) in [6.45, 7) is 8.64. The molecule has 116 valence electrons. The number of ether oxygens (including phenoxy) is 2. The maximum Gasteiger partial charge on any atom is 0.309 e. The summed E-state index contributed by atoms with van der Waals surface area (Å²) < 4.78 is 9.71. The zero-order chi connectivity index (χ0) is 15.1. The van der Waals surface area contributed by atoms with Crippen LogP contribution in [0.25, 0.3) is 0 Å². The molecule has 0 spiro atoms. The lowest BCUT2D eigenvalue weighted by Gasteiger charge is -2.11. The number of cyclic esters (lactones) is 1. The molecule has 0 aromatic heterocycles. The van der Waals surface area contributed by atoms with E-state index in [1.165, 1.54) is 6.42 Å². The van der Waals surface area contributed by atoms with Crippen molar-refractivity contribution in [2.75, 3.05) is 6.61 Å². The van der Waals surface area contributed by atoms with Crippen molar-refractivity contribution in [2.24, 2.45) is 17.8 Å². The predicted molar refractivity (Wildman–Crippen MR) is 77.1 cm³/mol. The molecule has 0 aromatic rings. The Labute approximate surface area is 122 Å². The quantitative estimate of drug-likeness (QED) is 0.640. The fraction of sp³-hybridized carbons (Fsp3) is 0.875. The minimum absolute atomic E-state index is 0.0463. The van der Waals surface area contributed by atoms with Gasteiger partial charge < -0.3 is 9.47 Å². The Morgan fingerprint density at radius 1 is 1.00 bits per heavy atom. The van der Waals surface area contributed by atoms with E-state index in [0.717, 1.165) is 25.2 Å². The molecule has 2 aliphatic heterocycles. The van der Waals surface area contributed by atoms with Gasteiger partial charge in [-0.1, -0.05) is 27.7 Å². The zero-order valence-corrected chi connectivity index (χ0v) is 13.2. The third kappa shape index (κ3) is 3.74. The lowest BCUT2D eigenvalue weighted by Crippen LogP contribution is -2.15. The van der Waals surface area contributed by atoms with Crippen LogP contribution >= 0.6 is 0 Å². The van der Waals surface area contributed by atoms with Gasteiger partial charge in [0.2, 0.25) is 0 Å². The highest BCUT2D eigenvalue weighted by Crippen LogP contribution is 2.54. The van der Waals surface area contributed by atoms with E-state index in [1.807, 2.05) is 27.7 Å². The Balaban J connectivity index is 0.000000174. The largest absolute Gasteiger partial charge is 0.466 e. The van der Waals surface area contributed by atoms with Gasteiger partial charge in [-0.3, -0.25) is 9.59 Å². The van der Waals surface area contributed by atoms with Gasteiger partial charge in [0.1, 0.15) is 6.10 Å². The molecule has 0 N–H and O–H groups in total. The van der Waals surface area contributed by atoms with Gasteiger partial charge in [0.05, 0.1) is 12.5 Å². The molecule has 4 heteroatoms. The van der Waals surface area contributed by atoms with E-state index in [2.05, 4.69) is 4.74 Å². The van der Waals surface area contributed by atoms with Crippen LogP contribution in [0.3, 0.4) is 0 Å². The number of rotatable bonds is 0. The van der Waals surface area contributed by atoms with Crippen LogP contribution in [0.1, 0.15) is 59.8 Å². The third-order valence-electron chi connectivity index (χ3n) is 4.11. The molecular weight excluding hydrogens is 256 g/mol. The Morgan fingerprint density at radius 2 is 1.70 bits per heavy atom. The molecule has 2 saturated carbocycles. The van der Waals surface area contributed by atoms with Gasteiger partial charge in [-0.15, -0.1) is 0 Å². The van der Waals surface area contributed by atoms with Crippen LogP contribution in [0.15, 0.2) is 0 Å². The second kappa shape index (κ2) is 8.28. The first kappa shape index (κ1) is 17.0. The standard InChI is InChI=1S/C8H10O2.C4H6O2.2C2H6/c9-8-6-2-4-1-5(6)7(3-4)10-8;5-4-2-1-3-6-4;2*1-2/h4-7H,1-3H2;1-3H2;2*1-2H3. The summed E-state index contributed by atoms with van der Waals surface area (Å²) >= 11 is 0. The van der Waals surface area contributed by atoms with Crippen molar-refractivity contribution in [3.05, 3.63) is 0 Å². The molecule has 2 saturated heterocycles. The summed E-state index contributed by atoms with van der Waals surface area (Å²) in [5.41, 5.74) is 0. The molecule has 4 aliphatic rings. The third-order valence-corrected chi connectivity index (χ3v) is 4.11. The number of carbonyl (C=O) groups excluding carboxylic acids is 2. The number of hydrogen-bond donors (Lipinski definition) is 0. The highest BCUT2D eigenvalue weighted by molar-refractivity contribution is 5.76. The first-order valence-corrected chi connectivity index (χ1v) is 8.10. The number of hydrogen-bond acceptors (Lipinski definition) is 4. The van der Waals surface area contributed by atoms with Gasteiger partial charge in [-0.2, -0.15) is 0 Å². The molecule has 0 radical (unpaired) electrons. The minimum atomic E-state index is -0.0463. The predicted octanol–water partition coefficient (Wildman–Crippen LogP) is 3.33. The van der Waals surface area contributed by atoms with Crippen molar-refractivity contribution in [3.63, 3.8) is 0 Å². The smallest absolute Gasteiger partial charge is 0.309 e. The van der Waals surface area contributed by atoms with Crippen LogP contribution in [0, 0.1) is 17.8 Å². The van der Waals surface area contributed by atoms with Crippen LogP contribution in [0.4, 0.5) is 0 Å². The maximum atomic E-state index is 11.1. The first-order valence-electron chi connectivity index (χ1n) is 8.10. The first-order chi connectivity index (χ1) is 9.74. The average molecular weight is 284 g/mol. The van der Waals surface area contributed by atoms with Crippen molar-refractivity contribution in [1.82, 2.24) is 0 Å². The fourth-order valence-electron chi connectivity index (χ4n) is 3.40. The number of esters is 2. The molecule has 4 atom stereocenters. The van der Waals surface area contributed by atoms with E-state index in [0.29, 0.717) is 31.0 Å². The molecular formula is C16H28O4. The SMILES string of the molecule is CC.CC.O=C1CCCO1.O=C1OC2CC3CC1C2C3. The van der Waals surface area contributed by atoms with E-state index < -0.39 is 0 Å². The molecule has 4 nitrogen and oxygen atoms in total. The summed E-state index contributed by atoms with van der Waals surface area (Å²) in [6, 6.07) is 0. The summed E-state index contributed by atoms with van der Waals surface area (Å²) in [7, 11) is 0. The topological polar surface area (TPSA) is 52.6 Å². The summed E-state index contributed by atoms with van der Waals surface area (Å²) in [5, 5.41) is 0. The van der Waals surface area contributed by atoms with Gasteiger partial charge in [0.15, 0.2) is 0 Å². The second-order valence-corrected chi connectivity index (χ2v) is 5.14. The van der Waals surface area contributed by atoms with Crippen LogP contribution in [0.5, 0.6) is 0 Å². The maximum absolute atomic E-state index is 11.1. The van der Waals surface area contributed by atoms with Gasteiger partial charge in [-0.25, -0.2) is 0 Å². The van der Waals surface area contributed by atoms with Gasteiger partial charge in [0, 0.05) is 12.3 Å². The average Bonchev–Trinajstić information content (AvgIpc) is 3.21. The van der Waals surface area contributed by atoms with Crippen molar-refractivity contribution < 1.29 is 19.1 Å². The number of carbonyl (C=O) groups is 2. The Bertz CT molecular complexity index is 316. The molecule has 20 heavy (non-hydrogen) atoms. The van der Waals surface area contributed by atoms with Crippen molar-refractivity contribution in [2.45, 2.75) is 65.9 Å². The molecule has 0 aromatic carbocycles. The summed E-state index contributed by atoms with van der Waals surface area (Å²) in [5.74, 6) is 1.80. The van der Waals surface area contributed by atoms with Crippen LogP contribution in [-0.4, -0.2) is 24.6 Å². The van der Waals surface area contributed by atoms with E-state index in [9.17, 15) is 9.59 Å². The highest BCUT2D eigenvalue weighted by atomic mass is 16.6. The molecule has 4 rings (SSSR count). The van der Waals surface area contributed by atoms with E-state index >= 15 is 0 Å². The lowest BCUT2D eigenvalue weighted by atomic mass is 9.90. The summed E-state index contributed by atoms with van der Waals surface area (Å²) in [4.78, 5) is 21.1. The molecule has 4 fully saturated rings. The van der Waals surface area contributed by atoms with Gasteiger partial charge in [0.25, 0.3) is 0 Å². The fourth-order valence-corrected chi connectivity index (χ4v) is 3.40. The highest BCUT2D eigenvalue weighted by Gasteiger charge is 2.56. The van der Waals surface area contributed by atoms with E-state index in [1.54, 1.807) is 0 Å². The molecule has 2 bridgehead atoms. The molecule has 0 amide bonds. The van der Waals surface area contributed by atoms with Crippen LogP contribution in [0.2, 0.25) is 0 Å². The van der Waals surface area contributed by atoms with Gasteiger partial charge >= 0.3 is 11.9 Å². The monoisotopic (exact) mass is 284 g/mol.